The van der Waals surface area contributed by atoms with E-state index < -0.39 is 5.60 Å². The Kier molecular flexibility index (Phi) is 4.21. The van der Waals surface area contributed by atoms with Crippen molar-refractivity contribution in [2.75, 3.05) is 0 Å². The second-order valence-electron chi connectivity index (χ2n) is 9.52. The van der Waals surface area contributed by atoms with E-state index in [9.17, 15) is 14.7 Å². The van der Waals surface area contributed by atoms with Gasteiger partial charge in [0.25, 0.3) is 5.91 Å². The van der Waals surface area contributed by atoms with E-state index in [0.29, 0.717) is 34.6 Å². The van der Waals surface area contributed by atoms with E-state index in [2.05, 4.69) is 5.32 Å². The normalized spacial score (nSPS) is 32.4. The van der Waals surface area contributed by atoms with E-state index in [0.717, 1.165) is 37.7 Å². The number of benzene rings is 1. The smallest absolute Gasteiger partial charge is 0.268 e. The number of carbonyl (C=O) groups excluding carboxylic acids is 2. The van der Waals surface area contributed by atoms with Gasteiger partial charge in [-0.2, -0.15) is 0 Å². The van der Waals surface area contributed by atoms with E-state index in [1.165, 1.54) is 0 Å². The molecule has 1 heterocycles. The fourth-order valence-electron chi connectivity index (χ4n) is 6.49. The van der Waals surface area contributed by atoms with Gasteiger partial charge in [0, 0.05) is 30.4 Å². The van der Waals surface area contributed by atoms with E-state index in [4.69, 9.17) is 0 Å². The van der Waals surface area contributed by atoms with Gasteiger partial charge < -0.3 is 15.0 Å². The molecule has 0 radical (unpaired) electrons. The minimum Gasteiger partial charge on any atom is -0.390 e. The molecule has 5 heteroatoms. The Morgan fingerprint density at radius 1 is 1.10 bits per heavy atom. The number of ketones is 1. The van der Waals surface area contributed by atoms with Crippen LogP contribution >= 0.6 is 0 Å². The standard InChI is InChI=1S/C24H28N2O3/c1-14-19(22(27)16-6-4-3-5-7-16)13-26(2)21(14)23(28)25-20-17-8-15-9-18(20)12-24(29,10-15)11-17/h3-7,13,15,17-18,20,29H,8-12H2,1-2H3,(H,25,28)/t15?,17?,18?,20-,24-. The van der Waals surface area contributed by atoms with Gasteiger partial charge in [0.15, 0.2) is 5.78 Å². The zero-order valence-electron chi connectivity index (χ0n) is 17.0. The second kappa shape index (κ2) is 6.56. The second-order valence-corrected chi connectivity index (χ2v) is 9.52. The molecule has 0 spiro atoms. The molecule has 152 valence electrons. The largest absolute Gasteiger partial charge is 0.390 e. The predicted octanol–water partition coefficient (Wildman–Crippen LogP) is 3.23. The molecule has 5 nitrogen and oxygen atoms in total. The first-order valence-electron chi connectivity index (χ1n) is 10.6. The lowest BCUT2D eigenvalue weighted by atomic mass is 9.52. The molecule has 4 saturated carbocycles. The molecule has 4 fully saturated rings. The number of aromatic nitrogens is 1. The fourth-order valence-corrected chi connectivity index (χ4v) is 6.49. The van der Waals surface area contributed by atoms with Gasteiger partial charge in [-0.05, 0) is 62.3 Å². The average Bonchev–Trinajstić information content (AvgIpc) is 2.97. The van der Waals surface area contributed by atoms with Gasteiger partial charge in [-0.25, -0.2) is 0 Å². The molecule has 1 aromatic carbocycles. The molecule has 4 aliphatic carbocycles. The number of hydrogen-bond donors (Lipinski definition) is 2. The van der Waals surface area contributed by atoms with Crippen molar-refractivity contribution in [3.8, 4) is 0 Å². The van der Waals surface area contributed by atoms with Crippen LogP contribution in [0.25, 0.3) is 0 Å². The fraction of sp³-hybridized carbons (Fsp3) is 0.500. The molecule has 1 aromatic heterocycles. The van der Waals surface area contributed by atoms with Gasteiger partial charge in [0.05, 0.1) is 5.60 Å². The molecule has 2 N–H and O–H groups in total. The third kappa shape index (κ3) is 3.03. The number of aliphatic hydroxyl groups is 1. The molecule has 29 heavy (non-hydrogen) atoms. The Morgan fingerprint density at radius 3 is 2.38 bits per heavy atom. The minimum atomic E-state index is -0.506. The number of amides is 1. The van der Waals surface area contributed by atoms with E-state index in [1.54, 1.807) is 22.9 Å². The van der Waals surface area contributed by atoms with Crippen LogP contribution in [0, 0.1) is 24.7 Å². The van der Waals surface area contributed by atoms with Crippen molar-refractivity contribution >= 4 is 11.7 Å². The molecule has 6 rings (SSSR count). The zero-order chi connectivity index (χ0) is 20.3. The van der Waals surface area contributed by atoms with Crippen LogP contribution < -0.4 is 5.32 Å². The highest BCUT2D eigenvalue weighted by atomic mass is 16.3. The highest BCUT2D eigenvalue weighted by molar-refractivity contribution is 6.11. The summed E-state index contributed by atoms with van der Waals surface area (Å²) in [6, 6.07) is 9.30. The van der Waals surface area contributed by atoms with Crippen LogP contribution in [0.1, 0.15) is 64.1 Å². The van der Waals surface area contributed by atoms with Crippen molar-refractivity contribution in [3.63, 3.8) is 0 Å². The summed E-state index contributed by atoms with van der Waals surface area (Å²) in [4.78, 5) is 26.1. The Balaban J connectivity index is 1.39. The third-order valence-corrected chi connectivity index (χ3v) is 7.47. The van der Waals surface area contributed by atoms with Gasteiger partial charge in [0.2, 0.25) is 0 Å². The number of aryl methyl sites for hydroxylation is 1. The Bertz CT molecular complexity index is 962. The van der Waals surface area contributed by atoms with Crippen LogP contribution in [0.5, 0.6) is 0 Å². The van der Waals surface area contributed by atoms with Crippen molar-refractivity contribution < 1.29 is 14.7 Å². The summed E-state index contributed by atoms with van der Waals surface area (Å²) in [5, 5.41) is 14.1. The topological polar surface area (TPSA) is 71.3 Å². The molecular weight excluding hydrogens is 364 g/mol. The summed E-state index contributed by atoms with van der Waals surface area (Å²) in [7, 11) is 1.82. The van der Waals surface area contributed by atoms with Gasteiger partial charge in [-0.1, -0.05) is 30.3 Å². The van der Waals surface area contributed by atoms with Crippen LogP contribution in [-0.4, -0.2) is 33.0 Å². The summed E-state index contributed by atoms with van der Waals surface area (Å²) in [6.45, 7) is 1.85. The average molecular weight is 392 g/mol. The van der Waals surface area contributed by atoms with Gasteiger partial charge in [-0.15, -0.1) is 0 Å². The molecule has 2 atom stereocenters. The number of nitrogens with one attached hydrogen (secondary N) is 1. The van der Waals surface area contributed by atoms with Crippen molar-refractivity contribution in [3.05, 3.63) is 58.9 Å². The zero-order valence-corrected chi connectivity index (χ0v) is 17.0. The maximum atomic E-state index is 13.2. The van der Waals surface area contributed by atoms with Crippen molar-refractivity contribution in [1.82, 2.24) is 9.88 Å². The summed E-state index contributed by atoms with van der Waals surface area (Å²) in [6.07, 6.45) is 6.51. The van der Waals surface area contributed by atoms with Crippen molar-refractivity contribution in [1.29, 1.82) is 0 Å². The lowest BCUT2D eigenvalue weighted by Crippen LogP contribution is -2.61. The molecule has 4 bridgehead atoms. The maximum absolute atomic E-state index is 13.2. The lowest BCUT2D eigenvalue weighted by molar-refractivity contribution is -0.137. The molecule has 1 amide bonds. The first-order valence-corrected chi connectivity index (χ1v) is 10.6. The lowest BCUT2D eigenvalue weighted by Gasteiger charge is -2.58. The van der Waals surface area contributed by atoms with E-state index in [1.807, 2.05) is 32.2 Å². The Hall–Kier alpha value is -2.40. The molecule has 2 unspecified atom stereocenters. The van der Waals surface area contributed by atoms with Gasteiger partial charge in [-0.3, -0.25) is 9.59 Å². The number of nitrogens with zero attached hydrogens (tertiary/aromatic N) is 1. The van der Waals surface area contributed by atoms with Gasteiger partial charge in [0.1, 0.15) is 5.69 Å². The molecule has 2 aromatic rings. The molecule has 0 aliphatic heterocycles. The van der Waals surface area contributed by atoms with Crippen molar-refractivity contribution in [2.24, 2.45) is 24.8 Å². The van der Waals surface area contributed by atoms with Crippen LogP contribution in [-0.2, 0) is 7.05 Å². The summed E-state index contributed by atoms with van der Waals surface area (Å²) >= 11 is 0. The monoisotopic (exact) mass is 392 g/mol. The van der Waals surface area contributed by atoms with Crippen molar-refractivity contribution in [2.45, 2.75) is 50.7 Å². The van der Waals surface area contributed by atoms with Crippen LogP contribution in [0.15, 0.2) is 36.5 Å². The molecule has 0 saturated heterocycles. The van der Waals surface area contributed by atoms with Crippen LogP contribution in [0.2, 0.25) is 0 Å². The summed E-state index contributed by atoms with van der Waals surface area (Å²) < 4.78 is 1.77. The van der Waals surface area contributed by atoms with Gasteiger partial charge >= 0.3 is 0 Å². The summed E-state index contributed by atoms with van der Waals surface area (Å²) in [5.41, 5.74) is 1.97. The van der Waals surface area contributed by atoms with E-state index >= 15 is 0 Å². The minimum absolute atomic E-state index is 0.0606. The van der Waals surface area contributed by atoms with E-state index in [-0.39, 0.29) is 17.7 Å². The van der Waals surface area contributed by atoms with Crippen LogP contribution in [0.3, 0.4) is 0 Å². The summed E-state index contributed by atoms with van der Waals surface area (Å²) in [5.74, 6) is 1.16. The Labute approximate surface area is 171 Å². The Morgan fingerprint density at radius 2 is 1.76 bits per heavy atom. The molecule has 4 aliphatic rings. The number of carbonyl (C=O) groups is 2. The number of rotatable bonds is 4. The first-order chi connectivity index (χ1) is 13.8. The quantitative estimate of drug-likeness (QED) is 0.785. The van der Waals surface area contributed by atoms with Crippen LogP contribution in [0.4, 0.5) is 0 Å². The predicted molar refractivity (Wildman–Crippen MR) is 110 cm³/mol. The SMILES string of the molecule is Cc1c(C(=O)c2ccccc2)cn(C)c1C(=O)N[C@H]1C2CC3CC1C[C@](O)(C3)C2. The maximum Gasteiger partial charge on any atom is 0.268 e. The first kappa shape index (κ1) is 18.6. The highest BCUT2D eigenvalue weighted by Crippen LogP contribution is 2.55. The highest BCUT2D eigenvalue weighted by Gasteiger charge is 2.55. The molecular formula is C24H28N2O3. The third-order valence-electron chi connectivity index (χ3n) is 7.47. The number of hydrogen-bond acceptors (Lipinski definition) is 3.